The van der Waals surface area contributed by atoms with E-state index in [-0.39, 0.29) is 10.9 Å². The minimum atomic E-state index is -3.60. The summed E-state index contributed by atoms with van der Waals surface area (Å²) in [7, 11) is -1.89. The van der Waals surface area contributed by atoms with Crippen molar-refractivity contribution in [3.63, 3.8) is 0 Å². The van der Waals surface area contributed by atoms with Crippen LogP contribution >= 0.6 is 0 Å². The SMILES string of the molecule is Cc1ncc(S(=O)(=O)N2CCC(c3c[nH]c4c(C(N)=O)cc(-c5ccccc5)cc34)CC2)n1C. The third kappa shape index (κ3) is 3.70. The van der Waals surface area contributed by atoms with Gasteiger partial charge in [0.25, 0.3) is 15.9 Å². The number of nitrogens with one attached hydrogen (secondary N) is 1. The molecular weight excluding hydrogens is 450 g/mol. The summed E-state index contributed by atoms with van der Waals surface area (Å²) in [4.78, 5) is 19.6. The number of nitrogens with zero attached hydrogens (tertiary/aromatic N) is 3. The minimum Gasteiger partial charge on any atom is -0.366 e. The van der Waals surface area contributed by atoms with Crippen LogP contribution in [0.3, 0.4) is 0 Å². The van der Waals surface area contributed by atoms with Gasteiger partial charge in [-0.25, -0.2) is 13.4 Å². The number of hydrogen-bond donors (Lipinski definition) is 2. The van der Waals surface area contributed by atoms with E-state index in [0.29, 0.717) is 37.3 Å². The number of piperidine rings is 1. The van der Waals surface area contributed by atoms with E-state index in [1.807, 2.05) is 42.6 Å². The van der Waals surface area contributed by atoms with Gasteiger partial charge in [-0.3, -0.25) is 4.79 Å². The molecule has 3 N–H and O–H groups in total. The summed E-state index contributed by atoms with van der Waals surface area (Å²) < 4.78 is 29.5. The lowest BCUT2D eigenvalue weighted by atomic mass is 9.88. The van der Waals surface area contributed by atoms with Gasteiger partial charge in [0.2, 0.25) is 0 Å². The lowest BCUT2D eigenvalue weighted by Gasteiger charge is -2.31. The van der Waals surface area contributed by atoms with Gasteiger partial charge in [0.05, 0.1) is 17.3 Å². The van der Waals surface area contributed by atoms with Crippen molar-refractivity contribution in [1.82, 2.24) is 18.8 Å². The van der Waals surface area contributed by atoms with E-state index >= 15 is 0 Å². The van der Waals surface area contributed by atoms with Crippen molar-refractivity contribution in [2.45, 2.75) is 30.7 Å². The number of benzene rings is 2. The van der Waals surface area contributed by atoms with Gasteiger partial charge in [-0.15, -0.1) is 0 Å². The number of carbonyl (C=O) groups excluding carboxylic acids is 1. The topological polar surface area (TPSA) is 114 Å². The van der Waals surface area contributed by atoms with Crippen LogP contribution in [0.25, 0.3) is 22.0 Å². The second kappa shape index (κ2) is 8.41. The molecule has 1 fully saturated rings. The van der Waals surface area contributed by atoms with Gasteiger partial charge < -0.3 is 15.3 Å². The number of aromatic amines is 1. The van der Waals surface area contributed by atoms with Crippen LogP contribution in [-0.2, 0) is 17.1 Å². The van der Waals surface area contributed by atoms with Gasteiger partial charge in [-0.05, 0) is 54.5 Å². The first kappa shape index (κ1) is 22.4. The number of hydrogen-bond acceptors (Lipinski definition) is 4. The molecule has 2 aromatic carbocycles. The Hall–Kier alpha value is -3.43. The van der Waals surface area contributed by atoms with Crippen molar-refractivity contribution in [2.24, 2.45) is 12.8 Å². The van der Waals surface area contributed by atoms with Gasteiger partial charge >= 0.3 is 0 Å². The zero-order chi connectivity index (χ0) is 24.0. The average molecular weight is 478 g/mol. The molecule has 0 spiro atoms. The molecule has 0 aliphatic carbocycles. The zero-order valence-electron chi connectivity index (χ0n) is 19.2. The molecule has 8 nitrogen and oxygen atoms in total. The summed E-state index contributed by atoms with van der Waals surface area (Å²) in [6, 6.07) is 13.8. The van der Waals surface area contributed by atoms with Crippen LogP contribution in [-0.4, -0.2) is 46.3 Å². The Labute approximate surface area is 198 Å². The Kier molecular flexibility index (Phi) is 5.53. The van der Waals surface area contributed by atoms with Crippen molar-refractivity contribution in [2.75, 3.05) is 13.1 Å². The largest absolute Gasteiger partial charge is 0.366 e. The van der Waals surface area contributed by atoms with E-state index in [4.69, 9.17) is 5.73 Å². The second-order valence-electron chi connectivity index (χ2n) is 8.80. The number of nitrogens with two attached hydrogens (primary N) is 1. The van der Waals surface area contributed by atoms with Crippen LogP contribution in [0.2, 0.25) is 0 Å². The molecule has 1 aliphatic rings. The molecule has 0 bridgehead atoms. The van der Waals surface area contributed by atoms with Gasteiger partial charge in [0, 0.05) is 31.7 Å². The van der Waals surface area contributed by atoms with E-state index in [9.17, 15) is 13.2 Å². The highest BCUT2D eigenvalue weighted by atomic mass is 32.2. The van der Waals surface area contributed by atoms with Crippen molar-refractivity contribution in [3.8, 4) is 11.1 Å². The first-order valence-corrected chi connectivity index (χ1v) is 12.7. The lowest BCUT2D eigenvalue weighted by molar-refractivity contribution is 0.100. The Balaban J connectivity index is 1.46. The number of primary amides is 1. The quantitative estimate of drug-likeness (QED) is 0.457. The van der Waals surface area contributed by atoms with E-state index in [0.717, 1.165) is 27.6 Å². The maximum Gasteiger partial charge on any atom is 0.260 e. The molecule has 34 heavy (non-hydrogen) atoms. The number of amides is 1. The van der Waals surface area contributed by atoms with Crippen LogP contribution in [0.1, 0.15) is 40.5 Å². The molecule has 5 rings (SSSR count). The zero-order valence-corrected chi connectivity index (χ0v) is 20.0. The van der Waals surface area contributed by atoms with Crippen LogP contribution in [0.15, 0.2) is 59.9 Å². The van der Waals surface area contributed by atoms with Gasteiger partial charge in [0.15, 0.2) is 5.03 Å². The molecule has 1 aliphatic heterocycles. The summed E-state index contributed by atoms with van der Waals surface area (Å²) in [5.41, 5.74) is 9.91. The molecule has 0 radical (unpaired) electrons. The van der Waals surface area contributed by atoms with Crippen LogP contribution in [0.5, 0.6) is 0 Å². The average Bonchev–Trinajstić information content (AvgIpc) is 3.42. The maximum absolute atomic E-state index is 13.2. The first-order valence-electron chi connectivity index (χ1n) is 11.3. The standard InChI is InChI=1S/C25H27N5O3S/c1-16-27-15-23(29(16)2)34(32,33)30-10-8-18(9-11-30)22-14-28-24-20(22)12-19(13-21(24)25(26)31)17-6-4-3-5-7-17/h3-7,12-15,18,28H,8-11H2,1-2H3,(H2,26,31). The molecular formula is C25H27N5O3S. The number of carbonyl (C=O) groups is 1. The molecule has 1 saturated heterocycles. The highest BCUT2D eigenvalue weighted by molar-refractivity contribution is 7.89. The summed E-state index contributed by atoms with van der Waals surface area (Å²) in [5, 5.41) is 1.17. The Morgan fingerprint density at radius 3 is 2.44 bits per heavy atom. The molecule has 0 saturated carbocycles. The summed E-state index contributed by atoms with van der Waals surface area (Å²) in [6.07, 6.45) is 4.73. The van der Waals surface area contributed by atoms with Gasteiger partial charge in [-0.1, -0.05) is 30.3 Å². The summed E-state index contributed by atoms with van der Waals surface area (Å²) in [5.74, 6) is 0.343. The lowest BCUT2D eigenvalue weighted by Crippen LogP contribution is -2.38. The number of H-pyrrole nitrogens is 1. The maximum atomic E-state index is 13.2. The number of rotatable bonds is 5. The van der Waals surface area contributed by atoms with Gasteiger partial charge in [-0.2, -0.15) is 4.31 Å². The molecule has 176 valence electrons. The molecule has 4 aromatic rings. The van der Waals surface area contributed by atoms with E-state index in [1.165, 1.54) is 6.20 Å². The smallest absolute Gasteiger partial charge is 0.260 e. The Bertz CT molecular complexity index is 1480. The fourth-order valence-corrected chi connectivity index (χ4v) is 6.46. The molecule has 0 unspecified atom stereocenters. The molecule has 3 heterocycles. The third-order valence-electron chi connectivity index (χ3n) is 6.87. The second-order valence-corrected chi connectivity index (χ2v) is 10.7. The van der Waals surface area contributed by atoms with Gasteiger partial charge in [0.1, 0.15) is 5.82 Å². The molecule has 9 heteroatoms. The molecule has 0 atom stereocenters. The molecule has 1 amide bonds. The number of aromatic nitrogens is 3. The fourth-order valence-electron chi connectivity index (χ4n) is 4.84. The van der Waals surface area contributed by atoms with Crippen molar-refractivity contribution in [3.05, 3.63) is 71.8 Å². The predicted octanol–water partition coefficient (Wildman–Crippen LogP) is 3.54. The highest BCUT2D eigenvalue weighted by Gasteiger charge is 2.33. The predicted molar refractivity (Wildman–Crippen MR) is 131 cm³/mol. The summed E-state index contributed by atoms with van der Waals surface area (Å²) in [6.45, 7) is 2.63. The number of imidazole rings is 1. The molecule has 2 aromatic heterocycles. The number of aryl methyl sites for hydroxylation is 1. The summed E-state index contributed by atoms with van der Waals surface area (Å²) >= 11 is 0. The van der Waals surface area contributed by atoms with Crippen molar-refractivity contribution in [1.29, 1.82) is 0 Å². The van der Waals surface area contributed by atoms with Crippen LogP contribution in [0, 0.1) is 6.92 Å². The third-order valence-corrected chi connectivity index (χ3v) is 8.82. The van der Waals surface area contributed by atoms with Crippen molar-refractivity contribution < 1.29 is 13.2 Å². The van der Waals surface area contributed by atoms with E-state index in [2.05, 4.69) is 16.0 Å². The van der Waals surface area contributed by atoms with E-state index in [1.54, 1.807) is 22.8 Å². The van der Waals surface area contributed by atoms with Crippen LogP contribution < -0.4 is 5.73 Å². The van der Waals surface area contributed by atoms with Crippen LogP contribution in [0.4, 0.5) is 0 Å². The van der Waals surface area contributed by atoms with E-state index < -0.39 is 15.9 Å². The minimum absolute atomic E-state index is 0.167. The normalized spacial score (nSPS) is 15.7. The monoisotopic (exact) mass is 477 g/mol. The number of fused-ring (bicyclic) bond motifs is 1. The highest BCUT2D eigenvalue weighted by Crippen LogP contribution is 2.37. The Morgan fingerprint density at radius 2 is 1.82 bits per heavy atom. The van der Waals surface area contributed by atoms with Crippen molar-refractivity contribution >= 4 is 26.8 Å². The number of sulfonamides is 1. The fraction of sp³-hybridized carbons (Fsp3) is 0.280. The Morgan fingerprint density at radius 1 is 1.12 bits per heavy atom. The first-order chi connectivity index (χ1) is 16.3.